The minimum Gasteiger partial charge on any atom is -0.427 e. The molecule has 0 saturated carbocycles. The van der Waals surface area contributed by atoms with Crippen molar-refractivity contribution in [2.75, 3.05) is 0 Å². The molecule has 206 valence electrons. The molecule has 0 spiro atoms. The summed E-state index contributed by atoms with van der Waals surface area (Å²) in [6, 6.07) is 11.1. The quantitative estimate of drug-likeness (QED) is 0.142. The average Bonchev–Trinajstić information content (AvgIpc) is 3.31. The Balaban J connectivity index is 1.31. The second-order valence-electron chi connectivity index (χ2n) is 9.04. The lowest BCUT2D eigenvalue weighted by Crippen LogP contribution is -2.22. The number of fused-ring (bicyclic) bond motifs is 1. The zero-order valence-corrected chi connectivity index (χ0v) is 21.3. The topological polar surface area (TPSA) is 22.1 Å². The highest BCUT2D eigenvalue weighted by Crippen LogP contribution is 2.37. The number of hydrogen-bond donors (Lipinski definition) is 0. The Kier molecular flexibility index (Phi) is 7.26. The van der Waals surface area contributed by atoms with Gasteiger partial charge >= 0.3 is 6.11 Å². The van der Waals surface area contributed by atoms with Gasteiger partial charge in [-0.25, -0.2) is 31.3 Å². The minimum atomic E-state index is -3.95. The first-order chi connectivity index (χ1) is 18.9. The van der Waals surface area contributed by atoms with E-state index in [0.717, 1.165) is 11.6 Å². The molecule has 0 aliphatic carbocycles. The van der Waals surface area contributed by atoms with Gasteiger partial charge in [-0.3, -0.25) is 0 Å². The molecule has 5 rings (SSSR count). The van der Waals surface area contributed by atoms with Crippen LogP contribution in [0.2, 0.25) is 0 Å². The van der Waals surface area contributed by atoms with Gasteiger partial charge in [0.05, 0.1) is 10.2 Å². The van der Waals surface area contributed by atoms with Gasteiger partial charge < -0.3 is 4.74 Å². The van der Waals surface area contributed by atoms with Gasteiger partial charge in [0.1, 0.15) is 23.2 Å². The molecule has 0 radical (unpaired) electrons. The number of alkyl halides is 2. The van der Waals surface area contributed by atoms with Crippen molar-refractivity contribution >= 4 is 21.6 Å². The monoisotopic (exact) mass is 579 g/mol. The maximum absolute atomic E-state index is 14.8. The fourth-order valence-electron chi connectivity index (χ4n) is 4.15. The van der Waals surface area contributed by atoms with Gasteiger partial charge in [-0.1, -0.05) is 18.2 Å². The number of thiazole rings is 1. The Labute approximate surface area is 226 Å². The molecule has 0 unspecified atom stereocenters. The van der Waals surface area contributed by atoms with Crippen LogP contribution < -0.4 is 4.74 Å². The third kappa shape index (κ3) is 5.51. The zero-order chi connectivity index (χ0) is 28.8. The van der Waals surface area contributed by atoms with E-state index in [0.29, 0.717) is 51.4 Å². The van der Waals surface area contributed by atoms with Crippen LogP contribution in [0.4, 0.5) is 35.1 Å². The number of ether oxygens (including phenoxy) is 1. The standard InChI is InChI=1S/C29H17F8NOS/c1-14-2-7-25-26(8-14)40-28(38-25)29(36,37)39-17-12-21(31)19(22(32)13-17)6-4-15-3-5-18(20(30)9-15)16-10-23(33)27(35)24(34)11-16/h2-3,5,7-13H,4,6H2,1H3. The van der Waals surface area contributed by atoms with E-state index in [9.17, 15) is 35.1 Å². The van der Waals surface area contributed by atoms with Crippen LogP contribution >= 0.6 is 11.3 Å². The Morgan fingerprint density at radius 1 is 0.750 bits per heavy atom. The first kappa shape index (κ1) is 27.6. The summed E-state index contributed by atoms with van der Waals surface area (Å²) in [7, 11) is 0. The van der Waals surface area contributed by atoms with Gasteiger partial charge in [0.2, 0.25) is 5.01 Å². The molecule has 0 bridgehead atoms. The largest absolute Gasteiger partial charge is 0.454 e. The summed E-state index contributed by atoms with van der Waals surface area (Å²) in [6.07, 6.45) is -4.27. The molecule has 5 aromatic rings. The number of aryl methyl sites for hydroxylation is 2. The number of halogens is 8. The normalized spacial score (nSPS) is 11.8. The van der Waals surface area contributed by atoms with Crippen molar-refractivity contribution in [2.24, 2.45) is 0 Å². The highest BCUT2D eigenvalue weighted by Gasteiger charge is 2.39. The predicted octanol–water partition coefficient (Wildman–Crippen LogP) is 9.02. The molecule has 0 N–H and O–H groups in total. The molecule has 0 saturated heterocycles. The molecular formula is C29H17F8NOS. The molecule has 4 aromatic carbocycles. The summed E-state index contributed by atoms with van der Waals surface area (Å²) < 4.78 is 119. The van der Waals surface area contributed by atoms with Crippen molar-refractivity contribution in [3.05, 3.63) is 117 Å². The van der Waals surface area contributed by atoms with Crippen molar-refractivity contribution in [1.82, 2.24) is 4.98 Å². The third-order valence-electron chi connectivity index (χ3n) is 6.15. The van der Waals surface area contributed by atoms with Crippen LogP contribution in [0.15, 0.2) is 60.7 Å². The Hall–Kier alpha value is -3.99. The van der Waals surface area contributed by atoms with E-state index >= 15 is 0 Å². The molecule has 0 aliphatic heterocycles. The van der Waals surface area contributed by atoms with Crippen molar-refractivity contribution in [2.45, 2.75) is 25.9 Å². The molecular weight excluding hydrogens is 562 g/mol. The first-order valence-electron chi connectivity index (χ1n) is 11.8. The van der Waals surface area contributed by atoms with E-state index in [1.54, 1.807) is 25.1 Å². The maximum atomic E-state index is 14.8. The van der Waals surface area contributed by atoms with Gasteiger partial charge in [-0.2, -0.15) is 8.78 Å². The van der Waals surface area contributed by atoms with Crippen LogP contribution in [0.25, 0.3) is 21.3 Å². The molecule has 0 amide bonds. The van der Waals surface area contributed by atoms with Crippen LogP contribution in [0, 0.1) is 41.8 Å². The molecule has 40 heavy (non-hydrogen) atoms. The Bertz CT molecular complexity index is 1700. The lowest BCUT2D eigenvalue weighted by atomic mass is 9.99. The summed E-state index contributed by atoms with van der Waals surface area (Å²) in [5.41, 5.74) is 0.613. The van der Waals surface area contributed by atoms with Crippen LogP contribution in [0.5, 0.6) is 5.75 Å². The average molecular weight is 580 g/mol. The highest BCUT2D eigenvalue weighted by atomic mass is 32.1. The van der Waals surface area contributed by atoms with Gasteiger partial charge in [0.25, 0.3) is 0 Å². The van der Waals surface area contributed by atoms with E-state index in [-0.39, 0.29) is 24.0 Å². The lowest BCUT2D eigenvalue weighted by molar-refractivity contribution is -0.185. The zero-order valence-electron chi connectivity index (χ0n) is 20.5. The molecule has 0 fully saturated rings. The van der Waals surface area contributed by atoms with Gasteiger partial charge in [0, 0.05) is 23.3 Å². The fraction of sp³-hybridized carbons (Fsp3) is 0.138. The Morgan fingerprint density at radius 3 is 2.08 bits per heavy atom. The van der Waals surface area contributed by atoms with Crippen LogP contribution in [0.1, 0.15) is 21.7 Å². The number of hydrogen-bond acceptors (Lipinski definition) is 3. The summed E-state index contributed by atoms with van der Waals surface area (Å²) in [5, 5.41) is -0.672. The van der Waals surface area contributed by atoms with Crippen molar-refractivity contribution in [3.63, 3.8) is 0 Å². The van der Waals surface area contributed by atoms with Gasteiger partial charge in [0.15, 0.2) is 17.5 Å². The van der Waals surface area contributed by atoms with Crippen molar-refractivity contribution in [3.8, 4) is 16.9 Å². The lowest BCUT2D eigenvalue weighted by Gasteiger charge is -2.16. The molecule has 1 heterocycles. The van der Waals surface area contributed by atoms with E-state index < -0.39 is 57.3 Å². The third-order valence-corrected chi connectivity index (χ3v) is 7.21. The van der Waals surface area contributed by atoms with Crippen LogP contribution in [0.3, 0.4) is 0 Å². The number of rotatable bonds is 7. The van der Waals surface area contributed by atoms with Gasteiger partial charge in [-0.15, -0.1) is 11.3 Å². The van der Waals surface area contributed by atoms with Crippen LogP contribution in [-0.2, 0) is 19.0 Å². The second kappa shape index (κ2) is 10.5. The van der Waals surface area contributed by atoms with Gasteiger partial charge in [-0.05, 0) is 66.8 Å². The Morgan fingerprint density at radius 2 is 1.43 bits per heavy atom. The molecule has 0 atom stereocenters. The minimum absolute atomic E-state index is 0.0569. The van der Waals surface area contributed by atoms with E-state index in [1.165, 1.54) is 12.1 Å². The van der Waals surface area contributed by atoms with Crippen molar-refractivity contribution in [1.29, 1.82) is 0 Å². The smallest absolute Gasteiger partial charge is 0.427 e. The number of aromatic nitrogens is 1. The van der Waals surface area contributed by atoms with E-state index in [1.807, 2.05) is 0 Å². The SMILES string of the molecule is Cc1ccc2nc(C(F)(F)Oc3cc(F)c(CCc4ccc(-c5cc(F)c(F)c(F)c5)c(F)c4)c(F)c3)sc2c1. The maximum Gasteiger partial charge on any atom is 0.454 e. The highest BCUT2D eigenvalue weighted by molar-refractivity contribution is 7.18. The number of benzene rings is 4. The molecule has 1 aromatic heterocycles. The predicted molar refractivity (Wildman–Crippen MR) is 134 cm³/mol. The van der Waals surface area contributed by atoms with Crippen molar-refractivity contribution < 1.29 is 39.9 Å². The summed E-state index contributed by atoms with van der Waals surface area (Å²) >= 11 is 0.699. The first-order valence-corrected chi connectivity index (χ1v) is 12.6. The fourth-order valence-corrected chi connectivity index (χ4v) is 5.13. The molecule has 2 nitrogen and oxygen atoms in total. The molecule has 0 aliphatic rings. The number of nitrogens with zero attached hydrogens (tertiary/aromatic N) is 1. The summed E-state index contributed by atoms with van der Waals surface area (Å²) in [5.74, 6) is -8.56. The van der Waals surface area contributed by atoms with E-state index in [4.69, 9.17) is 0 Å². The van der Waals surface area contributed by atoms with Crippen LogP contribution in [-0.4, -0.2) is 4.98 Å². The van der Waals surface area contributed by atoms with E-state index in [2.05, 4.69) is 9.72 Å². The summed E-state index contributed by atoms with van der Waals surface area (Å²) in [4.78, 5) is 3.86. The second-order valence-corrected chi connectivity index (χ2v) is 10.1. The summed E-state index contributed by atoms with van der Waals surface area (Å²) in [6.45, 7) is 1.80. The molecule has 11 heteroatoms.